The molecule has 120 valence electrons. The number of aromatic nitrogens is 2. The number of H-pyrrole nitrogens is 2. The second-order valence-corrected chi connectivity index (χ2v) is 5.71. The van der Waals surface area contributed by atoms with Gasteiger partial charge in [-0.2, -0.15) is 0 Å². The Morgan fingerprint density at radius 2 is 1.96 bits per heavy atom. The van der Waals surface area contributed by atoms with Crippen LogP contribution in [0.5, 0.6) is 5.75 Å². The summed E-state index contributed by atoms with van der Waals surface area (Å²) in [6.45, 7) is 3.35. The van der Waals surface area contributed by atoms with Gasteiger partial charge in [0, 0.05) is 12.2 Å². The van der Waals surface area contributed by atoms with Gasteiger partial charge in [-0.1, -0.05) is 24.6 Å². The van der Waals surface area contributed by atoms with Crippen molar-refractivity contribution >= 4 is 28.3 Å². The first kappa shape index (κ1) is 15.5. The molecule has 1 aromatic heterocycles. The summed E-state index contributed by atoms with van der Waals surface area (Å²) in [4.78, 5) is 16.7. The van der Waals surface area contributed by atoms with Crippen LogP contribution in [0.2, 0.25) is 5.02 Å². The number of aromatic amines is 2. The van der Waals surface area contributed by atoms with Crippen molar-refractivity contribution in [3.8, 4) is 5.75 Å². The second kappa shape index (κ2) is 6.79. The van der Waals surface area contributed by atoms with E-state index in [-0.39, 0.29) is 5.69 Å². The number of nitrogens with one attached hydrogen (secondary N) is 3. The lowest BCUT2D eigenvalue weighted by molar-refractivity contribution is 0.317. The van der Waals surface area contributed by atoms with E-state index in [1.165, 1.54) is 0 Å². The lowest BCUT2D eigenvalue weighted by Crippen LogP contribution is -2.01. The molecule has 0 amide bonds. The van der Waals surface area contributed by atoms with Gasteiger partial charge in [0.25, 0.3) is 0 Å². The minimum absolute atomic E-state index is 0.202. The number of halogens is 1. The monoisotopic (exact) mass is 331 g/mol. The lowest BCUT2D eigenvalue weighted by Gasteiger charge is -2.10. The maximum Gasteiger partial charge on any atom is 0.323 e. The van der Waals surface area contributed by atoms with E-state index in [2.05, 4.69) is 22.2 Å². The number of ether oxygens (including phenoxy) is 1. The van der Waals surface area contributed by atoms with E-state index in [4.69, 9.17) is 16.3 Å². The fourth-order valence-electron chi connectivity index (χ4n) is 2.33. The van der Waals surface area contributed by atoms with Crippen molar-refractivity contribution in [1.82, 2.24) is 9.97 Å². The fraction of sp³-hybridized carbons (Fsp3) is 0.235. The molecule has 3 rings (SSSR count). The maximum atomic E-state index is 11.3. The van der Waals surface area contributed by atoms with E-state index in [9.17, 15) is 4.79 Å². The van der Waals surface area contributed by atoms with Crippen LogP contribution in [0, 0.1) is 0 Å². The second-order valence-electron chi connectivity index (χ2n) is 5.31. The highest BCUT2D eigenvalue weighted by Crippen LogP contribution is 2.26. The number of anilines is 1. The van der Waals surface area contributed by atoms with Crippen LogP contribution in [-0.4, -0.2) is 16.6 Å². The number of fused-ring (bicyclic) bond motifs is 1. The number of hydrogen-bond donors (Lipinski definition) is 3. The number of rotatable bonds is 6. The summed E-state index contributed by atoms with van der Waals surface area (Å²) in [6.07, 6.45) is 0.948. The topological polar surface area (TPSA) is 69.9 Å². The quantitative estimate of drug-likeness (QED) is 0.641. The molecule has 0 saturated carbocycles. The molecule has 6 heteroatoms. The Kier molecular flexibility index (Phi) is 4.57. The average molecular weight is 332 g/mol. The molecule has 0 aliphatic heterocycles. The zero-order valence-electron chi connectivity index (χ0n) is 12.8. The predicted molar refractivity (Wildman–Crippen MR) is 93.5 cm³/mol. The zero-order valence-corrected chi connectivity index (χ0v) is 13.5. The number of hydrogen-bond acceptors (Lipinski definition) is 3. The predicted octanol–water partition coefficient (Wildman–Crippen LogP) is 3.91. The van der Waals surface area contributed by atoms with Crippen LogP contribution in [0.15, 0.2) is 41.2 Å². The molecule has 3 aromatic rings. The van der Waals surface area contributed by atoms with Crippen LogP contribution in [0.3, 0.4) is 0 Å². The Labute approximate surface area is 138 Å². The van der Waals surface area contributed by atoms with Gasteiger partial charge >= 0.3 is 5.69 Å². The van der Waals surface area contributed by atoms with E-state index in [1.54, 1.807) is 0 Å². The largest absolute Gasteiger partial charge is 0.492 e. The molecule has 0 bridgehead atoms. The highest BCUT2D eigenvalue weighted by Gasteiger charge is 2.04. The SMILES string of the molecule is CCCOc1ccc(CNc2ccc3[nH]c(=O)[nH]c3c2)cc1Cl. The lowest BCUT2D eigenvalue weighted by atomic mass is 10.2. The molecule has 0 saturated heterocycles. The number of imidazole rings is 1. The van der Waals surface area contributed by atoms with E-state index >= 15 is 0 Å². The van der Waals surface area contributed by atoms with Gasteiger partial charge in [-0.3, -0.25) is 0 Å². The molecule has 0 aliphatic carbocycles. The highest BCUT2D eigenvalue weighted by molar-refractivity contribution is 6.32. The summed E-state index contributed by atoms with van der Waals surface area (Å²) in [5, 5.41) is 3.93. The van der Waals surface area contributed by atoms with Crippen molar-refractivity contribution in [3.05, 3.63) is 57.5 Å². The van der Waals surface area contributed by atoms with Crippen LogP contribution in [0.1, 0.15) is 18.9 Å². The molecule has 0 fully saturated rings. The van der Waals surface area contributed by atoms with Crippen molar-refractivity contribution in [2.75, 3.05) is 11.9 Å². The van der Waals surface area contributed by atoms with Gasteiger partial charge in [-0.05, 0) is 42.3 Å². The summed E-state index contributed by atoms with van der Waals surface area (Å²) < 4.78 is 5.56. The first-order valence-electron chi connectivity index (χ1n) is 7.53. The average Bonchev–Trinajstić information content (AvgIpc) is 2.91. The molecule has 0 radical (unpaired) electrons. The molecule has 23 heavy (non-hydrogen) atoms. The normalized spacial score (nSPS) is 10.9. The standard InChI is InChI=1S/C17H18ClN3O2/c1-2-7-23-16-6-3-11(8-13(16)18)10-19-12-4-5-14-15(9-12)21-17(22)20-14/h3-6,8-9,19H,2,7,10H2,1H3,(H2,20,21,22). The highest BCUT2D eigenvalue weighted by atomic mass is 35.5. The van der Waals surface area contributed by atoms with Crippen LogP contribution in [-0.2, 0) is 6.54 Å². The minimum Gasteiger partial charge on any atom is -0.492 e. The molecule has 2 aromatic carbocycles. The van der Waals surface area contributed by atoms with Crippen molar-refractivity contribution in [1.29, 1.82) is 0 Å². The maximum absolute atomic E-state index is 11.3. The summed E-state index contributed by atoms with van der Waals surface area (Å²) in [5.74, 6) is 0.712. The van der Waals surface area contributed by atoms with Crippen LogP contribution in [0.4, 0.5) is 5.69 Å². The van der Waals surface area contributed by atoms with Crippen LogP contribution >= 0.6 is 11.6 Å². The van der Waals surface area contributed by atoms with E-state index in [0.717, 1.165) is 28.7 Å². The first-order chi connectivity index (χ1) is 11.2. The fourth-order valence-corrected chi connectivity index (χ4v) is 2.59. The summed E-state index contributed by atoms with van der Waals surface area (Å²) in [7, 11) is 0. The Bertz CT molecular complexity index is 870. The van der Waals surface area contributed by atoms with Gasteiger partial charge in [0.15, 0.2) is 0 Å². The molecular formula is C17H18ClN3O2. The van der Waals surface area contributed by atoms with Crippen molar-refractivity contribution in [2.45, 2.75) is 19.9 Å². The van der Waals surface area contributed by atoms with E-state index < -0.39 is 0 Å². The van der Waals surface area contributed by atoms with Gasteiger partial charge in [0.05, 0.1) is 22.7 Å². The molecule has 1 heterocycles. The molecule has 0 spiro atoms. The van der Waals surface area contributed by atoms with Gasteiger partial charge in [-0.25, -0.2) is 4.79 Å². The molecular weight excluding hydrogens is 314 g/mol. The van der Waals surface area contributed by atoms with Crippen LogP contribution in [0.25, 0.3) is 11.0 Å². The third-order valence-electron chi connectivity index (χ3n) is 3.47. The van der Waals surface area contributed by atoms with E-state index in [1.807, 2.05) is 36.4 Å². The number of benzene rings is 2. The smallest absolute Gasteiger partial charge is 0.323 e. The zero-order chi connectivity index (χ0) is 16.2. The third-order valence-corrected chi connectivity index (χ3v) is 3.77. The van der Waals surface area contributed by atoms with E-state index in [0.29, 0.717) is 23.9 Å². The molecule has 0 unspecified atom stereocenters. The van der Waals surface area contributed by atoms with Gasteiger partial charge in [0.1, 0.15) is 5.75 Å². The third kappa shape index (κ3) is 3.68. The minimum atomic E-state index is -0.202. The Morgan fingerprint density at radius 1 is 1.13 bits per heavy atom. The molecule has 0 atom stereocenters. The van der Waals surface area contributed by atoms with Gasteiger partial charge in [0.2, 0.25) is 0 Å². The Morgan fingerprint density at radius 3 is 2.74 bits per heavy atom. The molecule has 0 aliphatic rings. The Balaban J connectivity index is 1.69. The van der Waals surface area contributed by atoms with Crippen LogP contribution < -0.4 is 15.7 Å². The van der Waals surface area contributed by atoms with Gasteiger partial charge in [-0.15, -0.1) is 0 Å². The van der Waals surface area contributed by atoms with Crippen molar-refractivity contribution in [2.24, 2.45) is 0 Å². The van der Waals surface area contributed by atoms with Gasteiger partial charge < -0.3 is 20.0 Å². The summed E-state index contributed by atoms with van der Waals surface area (Å²) >= 11 is 6.23. The summed E-state index contributed by atoms with van der Waals surface area (Å²) in [5.41, 5.74) is 3.35. The van der Waals surface area contributed by atoms with Crippen molar-refractivity contribution < 1.29 is 4.74 Å². The van der Waals surface area contributed by atoms with Crippen molar-refractivity contribution in [3.63, 3.8) is 0 Å². The summed E-state index contributed by atoms with van der Waals surface area (Å²) in [6, 6.07) is 11.5. The molecule has 3 N–H and O–H groups in total. The molecule has 5 nitrogen and oxygen atoms in total. The Hall–Kier alpha value is -2.40. The first-order valence-corrected chi connectivity index (χ1v) is 7.90.